The molecule has 84 valence electrons. The summed E-state index contributed by atoms with van der Waals surface area (Å²) in [6.07, 6.45) is 3.29. The fourth-order valence-corrected chi connectivity index (χ4v) is 2.48. The largest absolute Gasteiger partial charge is 0.326 e. The van der Waals surface area contributed by atoms with Gasteiger partial charge in [-0.3, -0.25) is 0 Å². The summed E-state index contributed by atoms with van der Waals surface area (Å²) in [6, 6.07) is 7.54. The molecule has 0 N–H and O–H groups in total. The van der Waals surface area contributed by atoms with Gasteiger partial charge in [0, 0.05) is 18.5 Å². The molecule has 0 aliphatic carbocycles. The van der Waals surface area contributed by atoms with Gasteiger partial charge in [0.25, 0.3) is 0 Å². The lowest BCUT2D eigenvalue weighted by atomic mass is 10.1. The summed E-state index contributed by atoms with van der Waals surface area (Å²) in [4.78, 5) is 6.41. The number of alkyl halides is 1. The van der Waals surface area contributed by atoms with Crippen molar-refractivity contribution in [3.8, 4) is 0 Å². The molecule has 2 heterocycles. The second kappa shape index (κ2) is 3.89. The maximum atomic E-state index is 14.3. The first-order valence-electron chi connectivity index (χ1n) is 5.93. The zero-order chi connectivity index (χ0) is 11.0. The van der Waals surface area contributed by atoms with Crippen LogP contribution in [0.4, 0.5) is 10.1 Å². The Hall–Kier alpha value is -1.38. The van der Waals surface area contributed by atoms with Crippen LogP contribution in [0.2, 0.25) is 0 Å². The third kappa shape index (κ3) is 1.51. The van der Waals surface area contributed by atoms with Crippen molar-refractivity contribution in [3.63, 3.8) is 0 Å². The Bertz CT molecular complexity index is 428. The van der Waals surface area contributed by atoms with Crippen LogP contribution in [0.25, 0.3) is 0 Å². The quantitative estimate of drug-likeness (QED) is 0.608. The first kappa shape index (κ1) is 9.82. The van der Waals surface area contributed by atoms with Gasteiger partial charge in [-0.05, 0) is 18.9 Å². The van der Waals surface area contributed by atoms with Crippen LogP contribution >= 0.6 is 0 Å². The van der Waals surface area contributed by atoms with E-state index >= 15 is 0 Å². The standard InChI is InChI=1S/C13H15FN2/c14-13-10-6-3-4-7-11(10)15-12-8-2-1-5-9-16(12)13/h3-4,6-7,13H,1-2,5,8-9H2. The maximum absolute atomic E-state index is 14.3. The van der Waals surface area contributed by atoms with Gasteiger partial charge < -0.3 is 4.90 Å². The number of rotatable bonds is 0. The number of hydrogen-bond donors (Lipinski definition) is 0. The molecule has 2 aliphatic rings. The number of aliphatic imine (C=N–C) groups is 1. The van der Waals surface area contributed by atoms with Gasteiger partial charge in [0.2, 0.25) is 6.30 Å². The smallest absolute Gasteiger partial charge is 0.201 e. The molecule has 0 saturated carbocycles. The average Bonchev–Trinajstić information content (AvgIpc) is 2.55. The first-order chi connectivity index (χ1) is 7.86. The molecule has 1 aromatic rings. The van der Waals surface area contributed by atoms with Gasteiger partial charge in [0.1, 0.15) is 5.84 Å². The maximum Gasteiger partial charge on any atom is 0.201 e. The molecule has 1 aromatic carbocycles. The molecular weight excluding hydrogens is 203 g/mol. The minimum atomic E-state index is -0.998. The van der Waals surface area contributed by atoms with E-state index in [2.05, 4.69) is 4.99 Å². The predicted molar refractivity (Wildman–Crippen MR) is 62.6 cm³/mol. The van der Waals surface area contributed by atoms with Crippen LogP contribution < -0.4 is 0 Å². The third-order valence-corrected chi connectivity index (χ3v) is 3.35. The molecule has 2 aliphatic heterocycles. The minimum Gasteiger partial charge on any atom is -0.326 e. The van der Waals surface area contributed by atoms with Gasteiger partial charge in [0.05, 0.1) is 5.69 Å². The Morgan fingerprint density at radius 1 is 1.19 bits per heavy atom. The highest BCUT2D eigenvalue weighted by Gasteiger charge is 2.29. The van der Waals surface area contributed by atoms with E-state index in [0.29, 0.717) is 5.56 Å². The van der Waals surface area contributed by atoms with Crippen LogP contribution in [0.3, 0.4) is 0 Å². The third-order valence-electron chi connectivity index (χ3n) is 3.35. The molecule has 1 fully saturated rings. The van der Waals surface area contributed by atoms with Gasteiger partial charge in [-0.1, -0.05) is 24.6 Å². The van der Waals surface area contributed by atoms with E-state index in [1.807, 2.05) is 29.2 Å². The van der Waals surface area contributed by atoms with E-state index in [1.54, 1.807) is 0 Å². The van der Waals surface area contributed by atoms with Crippen molar-refractivity contribution >= 4 is 11.5 Å². The second-order valence-corrected chi connectivity index (χ2v) is 4.43. The number of benzene rings is 1. The Balaban J connectivity index is 2.05. The molecule has 16 heavy (non-hydrogen) atoms. The molecule has 1 saturated heterocycles. The van der Waals surface area contributed by atoms with Crippen molar-refractivity contribution in [3.05, 3.63) is 29.8 Å². The van der Waals surface area contributed by atoms with Crippen molar-refractivity contribution in [1.29, 1.82) is 0 Å². The number of amidine groups is 1. The number of fused-ring (bicyclic) bond motifs is 2. The van der Waals surface area contributed by atoms with Gasteiger partial charge in [-0.2, -0.15) is 0 Å². The number of halogens is 1. The van der Waals surface area contributed by atoms with E-state index in [0.717, 1.165) is 37.3 Å². The lowest BCUT2D eigenvalue weighted by Gasteiger charge is -2.32. The van der Waals surface area contributed by atoms with Crippen molar-refractivity contribution in [2.45, 2.75) is 32.0 Å². The molecule has 3 rings (SSSR count). The molecule has 2 nitrogen and oxygen atoms in total. The molecule has 0 bridgehead atoms. The molecule has 0 aromatic heterocycles. The van der Waals surface area contributed by atoms with E-state index in [4.69, 9.17) is 0 Å². The number of nitrogens with zero attached hydrogens (tertiary/aromatic N) is 2. The SMILES string of the molecule is FC1c2ccccc2N=C2CCCCCN21. The number of para-hydroxylation sites is 1. The van der Waals surface area contributed by atoms with Gasteiger partial charge in [-0.25, -0.2) is 9.38 Å². The summed E-state index contributed by atoms with van der Waals surface area (Å²) in [6.45, 7) is 0.800. The highest BCUT2D eigenvalue weighted by atomic mass is 19.1. The molecule has 0 spiro atoms. The van der Waals surface area contributed by atoms with Crippen LogP contribution in [-0.2, 0) is 0 Å². The van der Waals surface area contributed by atoms with Crippen molar-refractivity contribution in [1.82, 2.24) is 4.90 Å². The van der Waals surface area contributed by atoms with Crippen molar-refractivity contribution in [2.24, 2.45) is 4.99 Å². The highest BCUT2D eigenvalue weighted by Crippen LogP contribution is 2.37. The van der Waals surface area contributed by atoms with Crippen LogP contribution in [0.15, 0.2) is 29.3 Å². The Labute approximate surface area is 94.8 Å². The van der Waals surface area contributed by atoms with Crippen LogP contribution in [0.5, 0.6) is 0 Å². The van der Waals surface area contributed by atoms with E-state index < -0.39 is 6.30 Å². The van der Waals surface area contributed by atoms with E-state index in [1.165, 1.54) is 6.42 Å². The van der Waals surface area contributed by atoms with E-state index in [9.17, 15) is 4.39 Å². The lowest BCUT2D eigenvalue weighted by Crippen LogP contribution is -2.34. The van der Waals surface area contributed by atoms with Crippen LogP contribution in [0, 0.1) is 0 Å². The fourth-order valence-electron chi connectivity index (χ4n) is 2.48. The first-order valence-corrected chi connectivity index (χ1v) is 5.93. The highest BCUT2D eigenvalue weighted by molar-refractivity contribution is 5.87. The van der Waals surface area contributed by atoms with Crippen molar-refractivity contribution in [2.75, 3.05) is 6.54 Å². The molecular formula is C13H15FN2. The molecule has 1 unspecified atom stereocenters. The Morgan fingerprint density at radius 2 is 2.06 bits per heavy atom. The Kier molecular flexibility index (Phi) is 2.39. The summed E-state index contributed by atoms with van der Waals surface area (Å²) in [5, 5.41) is 0. The second-order valence-electron chi connectivity index (χ2n) is 4.43. The molecule has 0 radical (unpaired) electrons. The molecule has 0 amide bonds. The minimum absolute atomic E-state index is 0.716. The zero-order valence-corrected chi connectivity index (χ0v) is 9.19. The zero-order valence-electron chi connectivity index (χ0n) is 9.19. The van der Waals surface area contributed by atoms with Gasteiger partial charge >= 0.3 is 0 Å². The van der Waals surface area contributed by atoms with Crippen LogP contribution in [0.1, 0.15) is 37.5 Å². The van der Waals surface area contributed by atoms with E-state index in [-0.39, 0.29) is 0 Å². The normalized spacial score (nSPS) is 24.2. The van der Waals surface area contributed by atoms with Gasteiger partial charge in [0.15, 0.2) is 0 Å². The predicted octanol–water partition coefficient (Wildman–Crippen LogP) is 3.57. The molecule has 1 atom stereocenters. The average molecular weight is 218 g/mol. The topological polar surface area (TPSA) is 15.6 Å². The summed E-state index contributed by atoms with van der Waals surface area (Å²) in [5.41, 5.74) is 1.52. The van der Waals surface area contributed by atoms with Crippen LogP contribution in [-0.4, -0.2) is 17.3 Å². The monoisotopic (exact) mass is 218 g/mol. The Morgan fingerprint density at radius 3 is 3.00 bits per heavy atom. The fraction of sp³-hybridized carbons (Fsp3) is 0.462. The van der Waals surface area contributed by atoms with Crippen molar-refractivity contribution < 1.29 is 4.39 Å². The number of hydrogen-bond acceptors (Lipinski definition) is 2. The summed E-state index contributed by atoms with van der Waals surface area (Å²) in [5.74, 6) is 0.934. The molecule has 3 heteroatoms. The summed E-state index contributed by atoms with van der Waals surface area (Å²) in [7, 11) is 0. The summed E-state index contributed by atoms with van der Waals surface area (Å²) < 4.78 is 14.3. The lowest BCUT2D eigenvalue weighted by molar-refractivity contribution is 0.152. The van der Waals surface area contributed by atoms with Gasteiger partial charge in [-0.15, -0.1) is 0 Å². The summed E-state index contributed by atoms with van der Waals surface area (Å²) >= 11 is 0.